The molecule has 2 aromatic rings. The van der Waals surface area contributed by atoms with Crippen molar-refractivity contribution in [3.63, 3.8) is 0 Å². The molecule has 4 rings (SSSR count). The zero-order chi connectivity index (χ0) is 21.5. The number of amides is 3. The number of benzene rings is 1. The standard InChI is InChI=1S/C24H32N4O2S/c29-22(28-13-11-19(12-14-28)15-18-7-3-1-4-8-18)16-21-17-31-24(26-21)27-23(30)25-20-9-5-2-6-10-20/h1,3-4,7-8,17,19-20H,2,5-6,9-16H2,(H2,25,26,27,30). The van der Waals surface area contributed by atoms with Crippen LogP contribution >= 0.6 is 11.3 Å². The summed E-state index contributed by atoms with van der Waals surface area (Å²) in [6, 6.07) is 10.7. The molecule has 1 saturated carbocycles. The molecule has 1 aliphatic carbocycles. The van der Waals surface area contributed by atoms with Crippen LogP contribution in [0.5, 0.6) is 0 Å². The second kappa shape index (κ2) is 10.8. The number of thiazole rings is 1. The van der Waals surface area contributed by atoms with Gasteiger partial charge in [0, 0.05) is 24.5 Å². The number of aromatic nitrogens is 1. The van der Waals surface area contributed by atoms with Gasteiger partial charge in [0.05, 0.1) is 12.1 Å². The van der Waals surface area contributed by atoms with Gasteiger partial charge in [-0.15, -0.1) is 11.3 Å². The first-order valence-corrected chi connectivity index (χ1v) is 12.4. The minimum absolute atomic E-state index is 0.127. The first-order chi connectivity index (χ1) is 15.2. The second-order valence-electron chi connectivity index (χ2n) is 8.77. The van der Waals surface area contributed by atoms with Gasteiger partial charge in [-0.05, 0) is 43.6 Å². The van der Waals surface area contributed by atoms with Crippen LogP contribution in [0.3, 0.4) is 0 Å². The lowest BCUT2D eigenvalue weighted by Gasteiger charge is -2.32. The molecule has 3 amide bonds. The van der Waals surface area contributed by atoms with Gasteiger partial charge in [-0.2, -0.15) is 0 Å². The molecule has 2 aliphatic rings. The summed E-state index contributed by atoms with van der Waals surface area (Å²) in [5, 5.41) is 8.28. The molecule has 0 unspecified atom stereocenters. The van der Waals surface area contributed by atoms with Crippen molar-refractivity contribution in [2.75, 3.05) is 18.4 Å². The molecule has 1 aromatic heterocycles. The maximum absolute atomic E-state index is 12.7. The Morgan fingerprint density at radius 2 is 1.77 bits per heavy atom. The van der Waals surface area contributed by atoms with Crippen LogP contribution in [0, 0.1) is 5.92 Å². The average Bonchev–Trinajstić information content (AvgIpc) is 3.22. The number of likely N-dealkylation sites (tertiary alicyclic amines) is 1. The fraction of sp³-hybridized carbons (Fsp3) is 0.542. The zero-order valence-corrected chi connectivity index (χ0v) is 18.8. The number of hydrogen-bond acceptors (Lipinski definition) is 4. The van der Waals surface area contributed by atoms with Crippen molar-refractivity contribution in [1.82, 2.24) is 15.2 Å². The normalized spacial score (nSPS) is 18.0. The third-order valence-electron chi connectivity index (χ3n) is 6.38. The Hall–Kier alpha value is -2.41. The number of nitrogens with zero attached hydrogens (tertiary/aromatic N) is 2. The molecule has 2 heterocycles. The van der Waals surface area contributed by atoms with Gasteiger partial charge >= 0.3 is 6.03 Å². The van der Waals surface area contributed by atoms with Crippen molar-refractivity contribution in [3.05, 3.63) is 47.0 Å². The predicted molar refractivity (Wildman–Crippen MR) is 124 cm³/mol. The van der Waals surface area contributed by atoms with E-state index in [9.17, 15) is 9.59 Å². The highest BCUT2D eigenvalue weighted by atomic mass is 32.1. The van der Waals surface area contributed by atoms with Crippen LogP contribution < -0.4 is 10.6 Å². The molecule has 1 saturated heterocycles. The Kier molecular flexibility index (Phi) is 7.57. The van der Waals surface area contributed by atoms with E-state index >= 15 is 0 Å². The van der Waals surface area contributed by atoms with E-state index in [1.807, 2.05) is 16.3 Å². The van der Waals surface area contributed by atoms with E-state index in [1.165, 1.54) is 36.2 Å². The summed E-state index contributed by atoms with van der Waals surface area (Å²) < 4.78 is 0. The topological polar surface area (TPSA) is 74.3 Å². The lowest BCUT2D eigenvalue weighted by atomic mass is 9.90. The number of nitrogens with one attached hydrogen (secondary N) is 2. The van der Waals surface area contributed by atoms with Gasteiger partial charge < -0.3 is 10.2 Å². The molecule has 2 N–H and O–H groups in total. The minimum atomic E-state index is -0.195. The van der Waals surface area contributed by atoms with E-state index in [2.05, 4.69) is 39.9 Å². The van der Waals surface area contributed by atoms with Crippen LogP contribution in [0.1, 0.15) is 56.2 Å². The molecule has 6 nitrogen and oxygen atoms in total. The highest BCUT2D eigenvalue weighted by Crippen LogP contribution is 2.23. The number of hydrogen-bond donors (Lipinski definition) is 2. The number of anilines is 1. The van der Waals surface area contributed by atoms with Gasteiger partial charge in [0.25, 0.3) is 0 Å². The molecular weight excluding hydrogens is 408 g/mol. The van der Waals surface area contributed by atoms with Crippen LogP contribution in [0.15, 0.2) is 35.7 Å². The minimum Gasteiger partial charge on any atom is -0.342 e. The molecule has 0 bridgehead atoms. The lowest BCUT2D eigenvalue weighted by Crippen LogP contribution is -2.39. The Morgan fingerprint density at radius 3 is 2.52 bits per heavy atom. The summed E-state index contributed by atoms with van der Waals surface area (Å²) in [7, 11) is 0. The predicted octanol–water partition coefficient (Wildman–Crippen LogP) is 4.62. The Morgan fingerprint density at radius 1 is 1.03 bits per heavy atom. The molecule has 0 atom stereocenters. The summed E-state index contributed by atoms with van der Waals surface area (Å²) in [5.74, 6) is 0.769. The molecule has 7 heteroatoms. The van der Waals surface area contributed by atoms with E-state index in [1.54, 1.807) is 0 Å². The van der Waals surface area contributed by atoms with E-state index in [0.29, 0.717) is 17.5 Å². The van der Waals surface area contributed by atoms with Gasteiger partial charge in [-0.3, -0.25) is 10.1 Å². The first-order valence-electron chi connectivity index (χ1n) is 11.5. The van der Waals surface area contributed by atoms with Crippen LogP contribution in [-0.4, -0.2) is 41.0 Å². The SMILES string of the molecule is O=C(Nc1nc(CC(=O)N2CCC(Cc3ccccc3)CC2)cs1)NC1CCCCC1. The molecular formula is C24H32N4O2S. The smallest absolute Gasteiger partial charge is 0.321 e. The van der Waals surface area contributed by atoms with Crippen molar-refractivity contribution in [2.45, 2.75) is 63.8 Å². The quantitative estimate of drug-likeness (QED) is 0.688. The summed E-state index contributed by atoms with van der Waals surface area (Å²) in [5.41, 5.74) is 2.11. The summed E-state index contributed by atoms with van der Waals surface area (Å²) in [6.07, 6.45) is 9.20. The molecule has 0 radical (unpaired) electrons. The highest BCUT2D eigenvalue weighted by Gasteiger charge is 2.24. The van der Waals surface area contributed by atoms with Crippen molar-refractivity contribution in [2.24, 2.45) is 5.92 Å². The zero-order valence-electron chi connectivity index (χ0n) is 18.0. The van der Waals surface area contributed by atoms with Gasteiger partial charge in [-0.25, -0.2) is 9.78 Å². The van der Waals surface area contributed by atoms with Crippen LogP contribution in [-0.2, 0) is 17.6 Å². The Balaban J connectivity index is 1.19. The largest absolute Gasteiger partial charge is 0.342 e. The van der Waals surface area contributed by atoms with Gasteiger partial charge in [-0.1, -0.05) is 49.6 Å². The van der Waals surface area contributed by atoms with Crippen LogP contribution in [0.2, 0.25) is 0 Å². The molecule has 1 aromatic carbocycles. The fourth-order valence-corrected chi connectivity index (χ4v) is 5.32. The summed E-state index contributed by atoms with van der Waals surface area (Å²) >= 11 is 1.38. The second-order valence-corrected chi connectivity index (χ2v) is 9.63. The van der Waals surface area contributed by atoms with Gasteiger partial charge in [0.15, 0.2) is 5.13 Å². The van der Waals surface area contributed by atoms with Crippen LogP contribution in [0.25, 0.3) is 0 Å². The van der Waals surface area contributed by atoms with Crippen molar-refractivity contribution in [3.8, 4) is 0 Å². The fourth-order valence-electron chi connectivity index (χ4n) is 4.61. The Bertz CT molecular complexity index is 855. The van der Waals surface area contributed by atoms with Gasteiger partial charge in [0.2, 0.25) is 5.91 Å². The monoisotopic (exact) mass is 440 g/mol. The van der Waals surface area contributed by atoms with Crippen molar-refractivity contribution >= 4 is 28.4 Å². The maximum Gasteiger partial charge on any atom is 0.321 e. The van der Waals surface area contributed by atoms with Crippen molar-refractivity contribution in [1.29, 1.82) is 0 Å². The molecule has 166 valence electrons. The third kappa shape index (κ3) is 6.53. The summed E-state index contributed by atoms with van der Waals surface area (Å²) in [6.45, 7) is 1.63. The molecule has 31 heavy (non-hydrogen) atoms. The highest BCUT2D eigenvalue weighted by molar-refractivity contribution is 7.13. The molecule has 0 spiro atoms. The number of carbonyl (C=O) groups is 2. The van der Waals surface area contributed by atoms with E-state index in [-0.39, 0.29) is 18.0 Å². The average molecular weight is 441 g/mol. The van der Waals surface area contributed by atoms with Gasteiger partial charge in [0.1, 0.15) is 0 Å². The van der Waals surface area contributed by atoms with E-state index in [0.717, 1.165) is 50.9 Å². The molecule has 2 fully saturated rings. The number of carbonyl (C=O) groups excluding carboxylic acids is 2. The summed E-state index contributed by atoms with van der Waals surface area (Å²) in [4.78, 5) is 31.3. The van der Waals surface area contributed by atoms with E-state index in [4.69, 9.17) is 0 Å². The maximum atomic E-state index is 12.7. The third-order valence-corrected chi connectivity index (χ3v) is 7.19. The number of rotatable bonds is 6. The molecule has 1 aliphatic heterocycles. The van der Waals surface area contributed by atoms with Crippen molar-refractivity contribution < 1.29 is 9.59 Å². The van der Waals surface area contributed by atoms with Crippen LogP contribution in [0.4, 0.5) is 9.93 Å². The Labute approximate surface area is 188 Å². The lowest BCUT2D eigenvalue weighted by molar-refractivity contribution is -0.131. The number of urea groups is 1. The number of piperidine rings is 1. The van der Waals surface area contributed by atoms with E-state index < -0.39 is 0 Å². The first kappa shape index (κ1) is 21.8.